The molecule has 2 heterocycles. The lowest BCUT2D eigenvalue weighted by Gasteiger charge is -2.28. The molecule has 11 heteroatoms. The molecule has 0 saturated carbocycles. The number of carbonyl (C=O) groups is 2. The highest BCUT2D eigenvalue weighted by molar-refractivity contribution is 6.47. The second kappa shape index (κ2) is 7.54. The van der Waals surface area contributed by atoms with Crippen LogP contribution in [0.15, 0.2) is 24.4 Å². The number of rotatable bonds is 6. The normalized spacial score (nSPS) is 15.9. The van der Waals surface area contributed by atoms with Gasteiger partial charge in [0.25, 0.3) is 0 Å². The van der Waals surface area contributed by atoms with Gasteiger partial charge in [-0.15, -0.1) is 5.10 Å². The van der Waals surface area contributed by atoms with Gasteiger partial charge in [0.1, 0.15) is 12.3 Å². The topological polar surface area (TPSA) is 153 Å². The molecule has 0 aliphatic carbocycles. The van der Waals surface area contributed by atoms with E-state index in [2.05, 4.69) is 15.6 Å². The number of hydrogen-bond donors (Lipinski definition) is 4. The van der Waals surface area contributed by atoms with Gasteiger partial charge in [0.05, 0.1) is 17.2 Å². The third-order valence-corrected chi connectivity index (χ3v) is 3.99. The van der Waals surface area contributed by atoms with E-state index in [0.29, 0.717) is 24.2 Å². The summed E-state index contributed by atoms with van der Waals surface area (Å²) in [6.45, 7) is 0.372. The molecule has 0 bridgehead atoms. The summed E-state index contributed by atoms with van der Waals surface area (Å²) < 4.78 is 6.72. The Morgan fingerprint density at radius 3 is 3.00 bits per heavy atom. The molecule has 1 aromatic heterocycles. The summed E-state index contributed by atoms with van der Waals surface area (Å²) in [5, 5.41) is 29.7. The quantitative estimate of drug-likeness (QED) is 0.460. The second-order valence-corrected chi connectivity index (χ2v) is 5.93. The molecule has 26 heavy (non-hydrogen) atoms. The highest BCUT2D eigenvalue weighted by Crippen LogP contribution is 2.30. The maximum absolute atomic E-state index is 12.2. The lowest BCUT2D eigenvalue weighted by molar-refractivity contribution is -0.122. The zero-order valence-electron chi connectivity index (χ0n) is 13.8. The summed E-state index contributed by atoms with van der Waals surface area (Å²) in [5.41, 5.74) is 6.71. The largest absolute Gasteiger partial charge is 0.547 e. The predicted octanol–water partition coefficient (Wildman–Crippen LogP) is -1.38. The first-order valence-corrected chi connectivity index (χ1v) is 8.06. The lowest BCUT2D eigenvalue weighted by atomic mass is 9.72. The van der Waals surface area contributed by atoms with Crippen molar-refractivity contribution in [1.29, 1.82) is 0 Å². The van der Waals surface area contributed by atoms with E-state index in [9.17, 15) is 19.7 Å². The van der Waals surface area contributed by atoms with E-state index in [4.69, 9.17) is 10.4 Å². The first kappa shape index (κ1) is 17.9. The molecule has 5 N–H and O–H groups in total. The molecule has 1 aromatic carbocycles. The Bertz CT molecular complexity index is 827. The van der Waals surface area contributed by atoms with Crippen LogP contribution in [0.25, 0.3) is 0 Å². The fourth-order valence-corrected chi connectivity index (χ4v) is 2.79. The molecule has 0 fully saturated rings. The molecule has 2 aromatic rings. The number of benzene rings is 1. The Balaban J connectivity index is 1.66. The molecule has 1 atom stereocenters. The summed E-state index contributed by atoms with van der Waals surface area (Å²) in [6, 6.07) is 4.69. The molecule has 1 aliphatic rings. The van der Waals surface area contributed by atoms with E-state index in [1.54, 1.807) is 18.3 Å². The molecule has 1 amide bonds. The van der Waals surface area contributed by atoms with E-state index in [1.165, 1.54) is 10.7 Å². The average Bonchev–Trinajstić information content (AvgIpc) is 3.02. The van der Waals surface area contributed by atoms with Crippen LogP contribution in [0.1, 0.15) is 21.6 Å². The molecule has 136 valence electrons. The second-order valence-electron chi connectivity index (χ2n) is 5.93. The van der Waals surface area contributed by atoms with Crippen LogP contribution in [0.3, 0.4) is 0 Å². The minimum atomic E-state index is -1.35. The van der Waals surface area contributed by atoms with Crippen LogP contribution in [0, 0.1) is 0 Å². The molecule has 0 spiro atoms. The number of hydrogen-bond acceptors (Lipinski definition) is 7. The predicted molar refractivity (Wildman–Crippen MR) is 90.4 cm³/mol. The first-order valence-electron chi connectivity index (χ1n) is 8.06. The summed E-state index contributed by atoms with van der Waals surface area (Å²) in [4.78, 5) is 23.4. The van der Waals surface area contributed by atoms with Gasteiger partial charge in [0.15, 0.2) is 0 Å². The molecular weight excluding hydrogens is 341 g/mol. The van der Waals surface area contributed by atoms with Crippen LogP contribution in [0.2, 0.25) is 0 Å². The number of para-hydroxylation sites is 1. The number of carbonyl (C=O) groups excluding carboxylic acids is 1. The Labute approximate surface area is 149 Å². The van der Waals surface area contributed by atoms with Crippen LogP contribution >= 0.6 is 0 Å². The van der Waals surface area contributed by atoms with Gasteiger partial charge in [-0.05, 0) is 24.6 Å². The molecule has 0 saturated heterocycles. The Kier molecular flexibility index (Phi) is 5.19. The van der Waals surface area contributed by atoms with Crippen molar-refractivity contribution in [2.45, 2.75) is 25.3 Å². The van der Waals surface area contributed by atoms with Crippen molar-refractivity contribution in [3.05, 3.63) is 41.2 Å². The average molecular weight is 359 g/mol. The highest BCUT2D eigenvalue weighted by Gasteiger charge is 2.37. The zero-order chi connectivity index (χ0) is 18.7. The third kappa shape index (κ3) is 3.84. The Morgan fingerprint density at radius 1 is 1.46 bits per heavy atom. The van der Waals surface area contributed by atoms with Gasteiger partial charge in [-0.25, -0.2) is 9.48 Å². The fourth-order valence-electron chi connectivity index (χ4n) is 2.79. The number of carboxylic acids is 1. The van der Waals surface area contributed by atoms with E-state index < -0.39 is 19.0 Å². The van der Waals surface area contributed by atoms with Crippen LogP contribution in [0.4, 0.5) is 0 Å². The standard InChI is InChI=1S/C15H18BN5O5/c17-5-4-10-7-21(20-19-10)8-13(22)18-12-6-9-2-1-3-11(15(23)24)14(9)26-16(12)25/h1-3,7,12,25H,4-6,8,17H2,(H,18,22)(H,23,24)/t12-/m0/s1. The summed E-state index contributed by atoms with van der Waals surface area (Å²) in [7, 11) is -1.35. The number of nitrogens with one attached hydrogen (secondary N) is 1. The van der Waals surface area contributed by atoms with E-state index >= 15 is 0 Å². The Morgan fingerprint density at radius 2 is 2.27 bits per heavy atom. The SMILES string of the molecule is NCCc1cn(CC(=O)N[C@H]2Cc3cccc(C(=O)O)c3OB2O)nn1. The number of aromatic nitrogens is 3. The maximum Gasteiger partial charge on any atom is 0.547 e. The van der Waals surface area contributed by atoms with E-state index in [1.807, 2.05) is 0 Å². The minimum absolute atomic E-state index is 0.0265. The van der Waals surface area contributed by atoms with E-state index in [0.717, 1.165) is 0 Å². The fraction of sp³-hybridized carbons (Fsp3) is 0.333. The van der Waals surface area contributed by atoms with Crippen molar-refractivity contribution in [2.75, 3.05) is 6.54 Å². The van der Waals surface area contributed by atoms with Gasteiger partial charge >= 0.3 is 13.1 Å². The van der Waals surface area contributed by atoms with Crippen LogP contribution in [-0.4, -0.2) is 56.6 Å². The van der Waals surface area contributed by atoms with Crippen molar-refractivity contribution in [2.24, 2.45) is 5.73 Å². The smallest absolute Gasteiger partial charge is 0.534 e. The summed E-state index contributed by atoms with van der Waals surface area (Å²) >= 11 is 0. The first-order chi connectivity index (χ1) is 12.5. The van der Waals surface area contributed by atoms with Crippen molar-refractivity contribution in [3.63, 3.8) is 0 Å². The molecule has 10 nitrogen and oxygen atoms in total. The molecule has 0 unspecified atom stereocenters. The lowest BCUT2D eigenvalue weighted by Crippen LogP contribution is -2.53. The number of fused-ring (bicyclic) bond motifs is 1. The Hall–Kier alpha value is -2.92. The van der Waals surface area contributed by atoms with Crippen molar-refractivity contribution in [1.82, 2.24) is 20.3 Å². The van der Waals surface area contributed by atoms with Gasteiger partial charge < -0.3 is 25.8 Å². The number of nitrogens with zero attached hydrogens (tertiary/aromatic N) is 3. The monoisotopic (exact) mass is 359 g/mol. The third-order valence-electron chi connectivity index (χ3n) is 3.99. The zero-order valence-corrected chi connectivity index (χ0v) is 13.8. The number of nitrogens with two attached hydrogens (primary N) is 1. The summed E-state index contributed by atoms with van der Waals surface area (Å²) in [5.74, 6) is -2.09. The van der Waals surface area contributed by atoms with Crippen molar-refractivity contribution >= 4 is 19.0 Å². The van der Waals surface area contributed by atoms with Crippen LogP contribution < -0.4 is 15.7 Å². The minimum Gasteiger partial charge on any atom is -0.534 e. The number of aromatic carboxylic acids is 1. The van der Waals surface area contributed by atoms with Gasteiger partial charge in [-0.1, -0.05) is 17.3 Å². The number of carboxylic acid groups (broad SMARTS) is 1. The van der Waals surface area contributed by atoms with E-state index in [-0.39, 0.29) is 30.2 Å². The maximum atomic E-state index is 12.2. The summed E-state index contributed by atoms with van der Waals surface area (Å²) in [6.07, 6.45) is 2.45. The van der Waals surface area contributed by atoms with Gasteiger partial charge in [-0.3, -0.25) is 4.79 Å². The van der Waals surface area contributed by atoms with Gasteiger partial charge in [-0.2, -0.15) is 0 Å². The van der Waals surface area contributed by atoms with Gasteiger partial charge in [0, 0.05) is 12.6 Å². The highest BCUT2D eigenvalue weighted by atomic mass is 16.5. The molecule has 1 aliphatic heterocycles. The van der Waals surface area contributed by atoms with Crippen molar-refractivity contribution < 1.29 is 24.4 Å². The number of amides is 1. The van der Waals surface area contributed by atoms with Crippen molar-refractivity contribution in [3.8, 4) is 5.75 Å². The molecule has 0 radical (unpaired) electrons. The van der Waals surface area contributed by atoms with Crippen LogP contribution in [0.5, 0.6) is 5.75 Å². The molecule has 3 rings (SSSR count). The van der Waals surface area contributed by atoms with Gasteiger partial charge in [0.2, 0.25) is 5.91 Å². The van der Waals surface area contributed by atoms with Crippen LogP contribution in [-0.2, 0) is 24.2 Å². The molecular formula is C15H18BN5O5.